The molecule has 0 bridgehead atoms. The van der Waals surface area contributed by atoms with E-state index < -0.39 is 0 Å². The minimum atomic E-state index is 0.329. The van der Waals surface area contributed by atoms with Crippen molar-refractivity contribution in [2.75, 3.05) is 26.2 Å². The standard InChI is InChI=1S/C17H25N3O/c1-14-5-2-8-16(18-14)13-19-9-4-10-20(12-11-19)17(21)15-6-3-7-15/h2,5,8,15H,3-4,6-7,9-13H2,1H3. The van der Waals surface area contributed by atoms with Crippen LogP contribution in [0, 0.1) is 12.8 Å². The predicted molar refractivity (Wildman–Crippen MR) is 82.8 cm³/mol. The molecule has 2 aliphatic rings. The van der Waals surface area contributed by atoms with Gasteiger partial charge in [-0.3, -0.25) is 14.7 Å². The van der Waals surface area contributed by atoms with Gasteiger partial charge in [-0.25, -0.2) is 0 Å². The molecule has 1 aromatic heterocycles. The molecule has 1 saturated heterocycles. The lowest BCUT2D eigenvalue weighted by molar-refractivity contribution is -0.138. The van der Waals surface area contributed by atoms with Gasteiger partial charge in [0.1, 0.15) is 0 Å². The van der Waals surface area contributed by atoms with Crippen LogP contribution in [0.15, 0.2) is 18.2 Å². The summed E-state index contributed by atoms with van der Waals surface area (Å²) in [6.45, 7) is 6.75. The second-order valence-corrected chi connectivity index (χ2v) is 6.35. The molecule has 0 aromatic carbocycles. The lowest BCUT2D eigenvalue weighted by Gasteiger charge is -2.31. The van der Waals surface area contributed by atoms with Crippen LogP contribution in [0.25, 0.3) is 0 Å². The number of rotatable bonds is 3. The highest BCUT2D eigenvalue weighted by atomic mass is 16.2. The first kappa shape index (κ1) is 14.5. The summed E-state index contributed by atoms with van der Waals surface area (Å²) >= 11 is 0. The molecule has 2 fully saturated rings. The third-order valence-corrected chi connectivity index (χ3v) is 4.69. The molecule has 4 nitrogen and oxygen atoms in total. The first-order valence-corrected chi connectivity index (χ1v) is 8.16. The van der Waals surface area contributed by atoms with Gasteiger partial charge in [-0.05, 0) is 38.3 Å². The summed E-state index contributed by atoms with van der Waals surface area (Å²) in [5.41, 5.74) is 2.21. The van der Waals surface area contributed by atoms with E-state index in [0.717, 1.165) is 63.4 Å². The summed E-state index contributed by atoms with van der Waals surface area (Å²) in [5, 5.41) is 0. The Labute approximate surface area is 127 Å². The van der Waals surface area contributed by atoms with Crippen LogP contribution in [0.2, 0.25) is 0 Å². The van der Waals surface area contributed by atoms with Crippen LogP contribution in [0.5, 0.6) is 0 Å². The maximum atomic E-state index is 12.3. The van der Waals surface area contributed by atoms with Crippen molar-refractivity contribution in [2.24, 2.45) is 5.92 Å². The molecule has 0 N–H and O–H groups in total. The van der Waals surface area contributed by atoms with E-state index in [1.54, 1.807) is 0 Å². The van der Waals surface area contributed by atoms with Crippen molar-refractivity contribution in [3.05, 3.63) is 29.6 Å². The van der Waals surface area contributed by atoms with Gasteiger partial charge in [0.2, 0.25) is 5.91 Å². The fraction of sp³-hybridized carbons (Fsp3) is 0.647. The van der Waals surface area contributed by atoms with Gasteiger partial charge in [0.15, 0.2) is 0 Å². The quantitative estimate of drug-likeness (QED) is 0.855. The van der Waals surface area contributed by atoms with Crippen LogP contribution in [-0.2, 0) is 11.3 Å². The van der Waals surface area contributed by atoms with Crippen molar-refractivity contribution in [1.82, 2.24) is 14.8 Å². The Balaban J connectivity index is 1.54. The monoisotopic (exact) mass is 287 g/mol. The van der Waals surface area contributed by atoms with Crippen LogP contribution in [0.4, 0.5) is 0 Å². The van der Waals surface area contributed by atoms with E-state index >= 15 is 0 Å². The van der Waals surface area contributed by atoms with Gasteiger partial charge in [-0.15, -0.1) is 0 Å². The van der Waals surface area contributed by atoms with E-state index in [1.807, 2.05) is 13.0 Å². The Kier molecular flexibility index (Phi) is 4.54. The summed E-state index contributed by atoms with van der Waals surface area (Å²) in [6, 6.07) is 6.20. The third kappa shape index (κ3) is 3.62. The molecular formula is C17H25N3O. The van der Waals surface area contributed by atoms with Gasteiger partial charge < -0.3 is 4.90 Å². The molecule has 0 spiro atoms. The lowest BCUT2D eigenvalue weighted by Crippen LogP contribution is -2.41. The Morgan fingerprint density at radius 1 is 1.19 bits per heavy atom. The van der Waals surface area contributed by atoms with Crippen LogP contribution < -0.4 is 0 Å². The first-order valence-electron chi connectivity index (χ1n) is 8.16. The zero-order chi connectivity index (χ0) is 14.7. The maximum Gasteiger partial charge on any atom is 0.225 e. The van der Waals surface area contributed by atoms with E-state index in [9.17, 15) is 4.79 Å². The zero-order valence-corrected chi connectivity index (χ0v) is 12.9. The number of amides is 1. The highest BCUT2D eigenvalue weighted by Gasteiger charge is 2.30. The SMILES string of the molecule is Cc1cccc(CN2CCCN(C(=O)C3CCC3)CC2)n1. The maximum absolute atomic E-state index is 12.3. The second kappa shape index (κ2) is 6.56. The summed E-state index contributed by atoms with van der Waals surface area (Å²) in [7, 11) is 0. The summed E-state index contributed by atoms with van der Waals surface area (Å²) in [5.74, 6) is 0.728. The Morgan fingerprint density at radius 2 is 2.05 bits per heavy atom. The average Bonchev–Trinajstić information content (AvgIpc) is 2.62. The third-order valence-electron chi connectivity index (χ3n) is 4.69. The van der Waals surface area contributed by atoms with Gasteiger partial charge in [0, 0.05) is 44.3 Å². The van der Waals surface area contributed by atoms with Crippen LogP contribution in [-0.4, -0.2) is 46.9 Å². The Bertz CT molecular complexity index is 499. The van der Waals surface area contributed by atoms with Crippen molar-refractivity contribution in [2.45, 2.75) is 39.2 Å². The number of pyridine rings is 1. The fourth-order valence-corrected chi connectivity index (χ4v) is 3.18. The van der Waals surface area contributed by atoms with Crippen LogP contribution >= 0.6 is 0 Å². The number of carbonyl (C=O) groups is 1. The molecule has 21 heavy (non-hydrogen) atoms. The molecule has 4 heteroatoms. The molecule has 0 radical (unpaired) electrons. The molecule has 2 heterocycles. The number of carbonyl (C=O) groups excluding carboxylic acids is 1. The van der Waals surface area contributed by atoms with Crippen LogP contribution in [0.1, 0.15) is 37.1 Å². The Hall–Kier alpha value is -1.42. The smallest absolute Gasteiger partial charge is 0.225 e. The summed E-state index contributed by atoms with van der Waals surface area (Å²) in [6.07, 6.45) is 4.51. The zero-order valence-electron chi connectivity index (χ0n) is 12.9. The Morgan fingerprint density at radius 3 is 2.76 bits per heavy atom. The second-order valence-electron chi connectivity index (χ2n) is 6.35. The van der Waals surface area contributed by atoms with Gasteiger partial charge in [-0.1, -0.05) is 12.5 Å². The molecule has 0 unspecified atom stereocenters. The summed E-state index contributed by atoms with van der Waals surface area (Å²) < 4.78 is 0. The first-order chi connectivity index (χ1) is 10.2. The number of hydrogen-bond donors (Lipinski definition) is 0. The van der Waals surface area contributed by atoms with Gasteiger partial charge in [0.05, 0.1) is 5.69 Å². The van der Waals surface area contributed by atoms with E-state index in [4.69, 9.17) is 0 Å². The van der Waals surface area contributed by atoms with E-state index in [-0.39, 0.29) is 0 Å². The molecular weight excluding hydrogens is 262 g/mol. The van der Waals surface area contributed by atoms with Crippen molar-refractivity contribution in [3.8, 4) is 0 Å². The molecule has 1 saturated carbocycles. The van der Waals surface area contributed by atoms with E-state index in [0.29, 0.717) is 11.8 Å². The van der Waals surface area contributed by atoms with Crippen molar-refractivity contribution in [1.29, 1.82) is 0 Å². The minimum absolute atomic E-state index is 0.329. The molecule has 1 aromatic rings. The fourth-order valence-electron chi connectivity index (χ4n) is 3.18. The van der Waals surface area contributed by atoms with Gasteiger partial charge >= 0.3 is 0 Å². The van der Waals surface area contributed by atoms with Crippen molar-refractivity contribution >= 4 is 5.91 Å². The highest BCUT2D eigenvalue weighted by molar-refractivity contribution is 5.79. The minimum Gasteiger partial charge on any atom is -0.341 e. The molecule has 114 valence electrons. The molecule has 1 aliphatic carbocycles. The van der Waals surface area contributed by atoms with Crippen molar-refractivity contribution in [3.63, 3.8) is 0 Å². The van der Waals surface area contributed by atoms with E-state index in [2.05, 4.69) is 26.9 Å². The molecule has 0 atom stereocenters. The largest absolute Gasteiger partial charge is 0.341 e. The number of nitrogens with zero attached hydrogens (tertiary/aromatic N) is 3. The molecule has 1 aliphatic heterocycles. The predicted octanol–water partition coefficient (Wildman–Crippen LogP) is 2.22. The molecule has 1 amide bonds. The normalized spacial score (nSPS) is 20.9. The molecule has 3 rings (SSSR count). The number of hydrogen-bond acceptors (Lipinski definition) is 3. The van der Waals surface area contributed by atoms with Crippen molar-refractivity contribution < 1.29 is 4.79 Å². The number of aromatic nitrogens is 1. The van der Waals surface area contributed by atoms with Gasteiger partial charge in [-0.2, -0.15) is 0 Å². The van der Waals surface area contributed by atoms with E-state index in [1.165, 1.54) is 6.42 Å². The van der Waals surface area contributed by atoms with Gasteiger partial charge in [0.25, 0.3) is 0 Å². The number of aryl methyl sites for hydroxylation is 1. The van der Waals surface area contributed by atoms with Crippen LogP contribution in [0.3, 0.4) is 0 Å². The summed E-state index contributed by atoms with van der Waals surface area (Å²) in [4.78, 5) is 21.4. The lowest BCUT2D eigenvalue weighted by atomic mass is 9.84. The highest BCUT2D eigenvalue weighted by Crippen LogP contribution is 2.28. The topological polar surface area (TPSA) is 36.4 Å². The average molecular weight is 287 g/mol.